The highest BCUT2D eigenvalue weighted by atomic mass is 19.1. The van der Waals surface area contributed by atoms with Crippen LogP contribution >= 0.6 is 0 Å². The molecule has 2 aliphatic heterocycles. The first-order valence-corrected chi connectivity index (χ1v) is 11.3. The summed E-state index contributed by atoms with van der Waals surface area (Å²) in [6.07, 6.45) is 3.97. The molecule has 33 heavy (non-hydrogen) atoms. The number of halogens is 1. The Balaban J connectivity index is 1.31. The number of ether oxygens (including phenoxy) is 2. The van der Waals surface area contributed by atoms with Gasteiger partial charge in [-0.2, -0.15) is 5.10 Å². The molecule has 2 aromatic carbocycles. The van der Waals surface area contributed by atoms with Gasteiger partial charge in [0.05, 0.1) is 17.2 Å². The van der Waals surface area contributed by atoms with Crippen molar-refractivity contribution in [3.63, 3.8) is 0 Å². The van der Waals surface area contributed by atoms with E-state index in [9.17, 15) is 4.39 Å². The van der Waals surface area contributed by atoms with Gasteiger partial charge < -0.3 is 14.0 Å². The van der Waals surface area contributed by atoms with Crippen molar-refractivity contribution in [3.8, 4) is 22.9 Å². The van der Waals surface area contributed by atoms with Gasteiger partial charge in [-0.15, -0.1) is 0 Å². The van der Waals surface area contributed by atoms with E-state index >= 15 is 0 Å². The topological polar surface area (TPSA) is 57.3 Å². The Morgan fingerprint density at radius 1 is 1.06 bits per heavy atom. The van der Waals surface area contributed by atoms with Gasteiger partial charge in [0.25, 0.3) is 0 Å². The Labute approximate surface area is 191 Å². The van der Waals surface area contributed by atoms with Crippen LogP contribution < -0.4 is 9.47 Å². The molecule has 1 saturated heterocycles. The number of likely N-dealkylation sites (tertiary alicyclic amines) is 1. The van der Waals surface area contributed by atoms with Crippen LogP contribution in [0, 0.1) is 12.7 Å². The minimum Gasteiger partial charge on any atom is -0.454 e. The van der Waals surface area contributed by atoms with Gasteiger partial charge in [-0.25, -0.2) is 9.37 Å². The van der Waals surface area contributed by atoms with E-state index in [1.165, 1.54) is 23.4 Å². The maximum Gasteiger partial charge on any atom is 0.231 e. The molecule has 6 rings (SSSR count). The highest BCUT2D eigenvalue weighted by Crippen LogP contribution is 2.39. The third kappa shape index (κ3) is 3.54. The SMILES string of the molecule is Cc1c(CN2CCC(n3c(-c4ccc5c(c4)OCO5)nc4cc(F)ccc43)CC2)cnn1C. The summed E-state index contributed by atoms with van der Waals surface area (Å²) in [6, 6.07) is 11.1. The Hall–Kier alpha value is -3.39. The summed E-state index contributed by atoms with van der Waals surface area (Å²) in [7, 11) is 1.98. The molecule has 1 fully saturated rings. The zero-order valence-corrected chi connectivity index (χ0v) is 18.8. The third-order valence-electron chi connectivity index (χ3n) is 6.94. The number of imidazole rings is 1. The maximum absolute atomic E-state index is 14.0. The van der Waals surface area contributed by atoms with Crippen molar-refractivity contribution < 1.29 is 13.9 Å². The van der Waals surface area contributed by atoms with E-state index in [4.69, 9.17) is 14.5 Å². The second kappa shape index (κ2) is 7.88. The number of hydrogen-bond donors (Lipinski definition) is 0. The molecular weight excluding hydrogens is 421 g/mol. The third-order valence-corrected chi connectivity index (χ3v) is 6.94. The largest absolute Gasteiger partial charge is 0.454 e. The minimum atomic E-state index is -0.272. The summed E-state index contributed by atoms with van der Waals surface area (Å²) in [5, 5.41) is 4.38. The molecule has 2 aromatic heterocycles. The predicted octanol–water partition coefficient (Wildman–Crippen LogP) is 4.45. The van der Waals surface area contributed by atoms with Crippen molar-refractivity contribution in [1.29, 1.82) is 0 Å². The van der Waals surface area contributed by atoms with Gasteiger partial charge in [0.15, 0.2) is 11.5 Å². The standard InChI is InChI=1S/C25H26FN5O2/c1-16-18(13-27-29(16)2)14-30-9-7-20(8-10-30)31-22-5-4-19(26)12-21(22)28-25(31)17-3-6-23-24(11-17)33-15-32-23/h3-6,11-13,20H,7-10,14-15H2,1-2H3. The van der Waals surface area contributed by atoms with Crippen LogP contribution in [-0.4, -0.2) is 44.1 Å². The summed E-state index contributed by atoms with van der Waals surface area (Å²) in [4.78, 5) is 7.33. The van der Waals surface area contributed by atoms with Crippen molar-refractivity contribution in [1.82, 2.24) is 24.2 Å². The van der Waals surface area contributed by atoms with Crippen LogP contribution in [0.25, 0.3) is 22.4 Å². The quantitative estimate of drug-likeness (QED) is 0.463. The normalized spacial score (nSPS) is 16.7. The second-order valence-electron chi connectivity index (χ2n) is 8.89. The Morgan fingerprint density at radius 2 is 1.88 bits per heavy atom. The van der Waals surface area contributed by atoms with Gasteiger partial charge in [0, 0.05) is 55.6 Å². The van der Waals surface area contributed by atoms with Crippen LogP contribution in [0.1, 0.15) is 30.1 Å². The molecule has 0 N–H and O–H groups in total. The molecule has 4 heterocycles. The molecule has 7 nitrogen and oxygen atoms in total. The first-order chi connectivity index (χ1) is 16.1. The van der Waals surface area contributed by atoms with E-state index in [2.05, 4.69) is 21.5 Å². The number of piperidine rings is 1. The fourth-order valence-electron chi connectivity index (χ4n) is 4.96. The first-order valence-electron chi connectivity index (χ1n) is 11.3. The highest BCUT2D eigenvalue weighted by Gasteiger charge is 2.27. The second-order valence-corrected chi connectivity index (χ2v) is 8.89. The van der Waals surface area contributed by atoms with E-state index in [1.807, 2.05) is 42.2 Å². The van der Waals surface area contributed by atoms with Gasteiger partial charge in [0.1, 0.15) is 11.6 Å². The maximum atomic E-state index is 14.0. The van der Waals surface area contributed by atoms with E-state index in [-0.39, 0.29) is 18.7 Å². The van der Waals surface area contributed by atoms with Gasteiger partial charge in [0.2, 0.25) is 6.79 Å². The monoisotopic (exact) mass is 447 g/mol. The first kappa shape index (κ1) is 20.2. The molecule has 0 atom stereocenters. The fraction of sp³-hybridized carbons (Fsp3) is 0.360. The average molecular weight is 448 g/mol. The smallest absolute Gasteiger partial charge is 0.231 e. The lowest BCUT2D eigenvalue weighted by Crippen LogP contribution is -2.34. The Bertz CT molecular complexity index is 1340. The number of hydrogen-bond acceptors (Lipinski definition) is 5. The average Bonchev–Trinajstić information content (AvgIpc) is 3.52. The van der Waals surface area contributed by atoms with E-state index in [0.29, 0.717) is 5.52 Å². The molecule has 0 spiro atoms. The van der Waals surface area contributed by atoms with Crippen molar-refractivity contribution in [3.05, 3.63) is 59.7 Å². The zero-order chi connectivity index (χ0) is 22.5. The van der Waals surface area contributed by atoms with Crippen LogP contribution in [0.2, 0.25) is 0 Å². The Kier molecular flexibility index (Phi) is 4.83. The molecule has 0 aliphatic carbocycles. The van der Waals surface area contributed by atoms with Crippen LogP contribution in [0.15, 0.2) is 42.6 Å². The summed E-state index contributed by atoms with van der Waals surface area (Å²) < 4.78 is 29.3. The molecule has 2 aliphatic rings. The molecular formula is C25H26FN5O2. The number of rotatable bonds is 4. The van der Waals surface area contributed by atoms with Crippen LogP contribution in [0.4, 0.5) is 4.39 Å². The summed E-state index contributed by atoms with van der Waals surface area (Å²) >= 11 is 0. The molecule has 0 radical (unpaired) electrons. The predicted molar refractivity (Wildman–Crippen MR) is 123 cm³/mol. The van der Waals surface area contributed by atoms with E-state index in [1.54, 1.807) is 0 Å². The molecule has 8 heteroatoms. The minimum absolute atomic E-state index is 0.231. The van der Waals surface area contributed by atoms with Crippen molar-refractivity contribution in [2.24, 2.45) is 7.05 Å². The molecule has 0 bridgehead atoms. The van der Waals surface area contributed by atoms with Gasteiger partial charge in [-0.3, -0.25) is 9.58 Å². The number of aryl methyl sites for hydroxylation is 1. The number of aromatic nitrogens is 4. The number of fused-ring (bicyclic) bond motifs is 2. The lowest BCUT2D eigenvalue weighted by molar-refractivity contribution is 0.174. The number of nitrogens with zero attached hydrogens (tertiary/aromatic N) is 5. The summed E-state index contributed by atoms with van der Waals surface area (Å²) in [6.45, 7) is 5.23. The van der Waals surface area contributed by atoms with Gasteiger partial charge in [-0.05, 0) is 50.1 Å². The molecule has 4 aromatic rings. The van der Waals surface area contributed by atoms with Crippen LogP contribution in [-0.2, 0) is 13.6 Å². The molecule has 0 saturated carbocycles. The molecule has 0 unspecified atom stereocenters. The van der Waals surface area contributed by atoms with E-state index < -0.39 is 0 Å². The van der Waals surface area contributed by atoms with Gasteiger partial charge in [-0.1, -0.05) is 0 Å². The van der Waals surface area contributed by atoms with Crippen LogP contribution in [0.3, 0.4) is 0 Å². The summed E-state index contributed by atoms with van der Waals surface area (Å²) in [5.74, 6) is 2.03. The summed E-state index contributed by atoms with van der Waals surface area (Å²) in [5.41, 5.74) is 5.08. The van der Waals surface area contributed by atoms with Gasteiger partial charge >= 0.3 is 0 Å². The molecule has 0 amide bonds. The lowest BCUT2D eigenvalue weighted by atomic mass is 10.0. The van der Waals surface area contributed by atoms with Crippen molar-refractivity contribution >= 4 is 11.0 Å². The fourth-order valence-corrected chi connectivity index (χ4v) is 4.96. The zero-order valence-electron chi connectivity index (χ0n) is 18.8. The number of benzene rings is 2. The van der Waals surface area contributed by atoms with Crippen molar-refractivity contribution in [2.45, 2.75) is 32.4 Å². The molecule has 170 valence electrons. The van der Waals surface area contributed by atoms with Crippen molar-refractivity contribution in [2.75, 3.05) is 19.9 Å². The van der Waals surface area contributed by atoms with Crippen LogP contribution in [0.5, 0.6) is 11.5 Å². The lowest BCUT2D eigenvalue weighted by Gasteiger charge is -2.33. The Morgan fingerprint density at radius 3 is 2.67 bits per heavy atom. The van der Waals surface area contributed by atoms with E-state index in [0.717, 1.165) is 60.9 Å². The highest BCUT2D eigenvalue weighted by molar-refractivity contribution is 5.81.